The van der Waals surface area contributed by atoms with Crippen LogP contribution in [0.4, 0.5) is 0 Å². The first-order chi connectivity index (χ1) is 9.42. The Balaban J connectivity index is 2.63. The predicted molar refractivity (Wildman–Crippen MR) is 79.0 cm³/mol. The number of rotatable bonds is 8. The molecule has 0 saturated carbocycles. The smallest absolute Gasteiger partial charge is 0.268 e. The lowest BCUT2D eigenvalue weighted by Crippen LogP contribution is -2.33. The van der Waals surface area contributed by atoms with Crippen molar-refractivity contribution in [2.24, 2.45) is 11.8 Å². The number of likely N-dealkylation sites (N-methyl/N-ethyl adjacent to an activating group) is 1. The van der Waals surface area contributed by atoms with Gasteiger partial charge in [0.15, 0.2) is 0 Å². The van der Waals surface area contributed by atoms with E-state index < -0.39 is 0 Å². The largest absolute Gasteiger partial charge is 0.467 e. The summed E-state index contributed by atoms with van der Waals surface area (Å²) in [6.45, 7) is 8.03. The van der Waals surface area contributed by atoms with Crippen molar-refractivity contribution < 1.29 is 9.21 Å². The van der Waals surface area contributed by atoms with Crippen LogP contribution >= 0.6 is 0 Å². The van der Waals surface area contributed by atoms with Crippen LogP contribution in [0.1, 0.15) is 30.0 Å². The van der Waals surface area contributed by atoms with E-state index in [9.17, 15) is 4.79 Å². The molecule has 0 spiro atoms. The van der Waals surface area contributed by atoms with Gasteiger partial charge in [0.1, 0.15) is 12.0 Å². The zero-order valence-electron chi connectivity index (χ0n) is 12.8. The van der Waals surface area contributed by atoms with Crippen molar-refractivity contribution in [1.82, 2.24) is 15.2 Å². The first-order valence-corrected chi connectivity index (χ1v) is 6.87. The minimum atomic E-state index is -0.330. The zero-order valence-corrected chi connectivity index (χ0v) is 12.8. The predicted octanol–water partition coefficient (Wildman–Crippen LogP) is 0.903. The van der Waals surface area contributed by atoms with Crippen LogP contribution in [0.3, 0.4) is 0 Å². The molecule has 20 heavy (non-hydrogen) atoms. The molecule has 1 rings (SSSR count). The Hall–Kier alpha value is -1.37. The van der Waals surface area contributed by atoms with Crippen molar-refractivity contribution >= 4 is 5.91 Å². The lowest BCUT2D eigenvalue weighted by molar-refractivity contribution is 0.0953. The number of nitrogens with zero attached hydrogens (tertiary/aromatic N) is 2. The molecule has 0 atom stereocenters. The summed E-state index contributed by atoms with van der Waals surface area (Å²) < 4.78 is 5.43. The molecule has 0 fully saturated rings. The summed E-state index contributed by atoms with van der Waals surface area (Å²) in [4.78, 5) is 15.9. The molecule has 6 heteroatoms. The summed E-state index contributed by atoms with van der Waals surface area (Å²) in [5.74, 6) is 6.14. The second-order valence-corrected chi connectivity index (χ2v) is 5.71. The molecule has 1 aromatic heterocycles. The van der Waals surface area contributed by atoms with Gasteiger partial charge in [0, 0.05) is 19.6 Å². The monoisotopic (exact) mass is 282 g/mol. The molecule has 1 aromatic rings. The lowest BCUT2D eigenvalue weighted by Gasteiger charge is -2.24. The molecule has 114 valence electrons. The second kappa shape index (κ2) is 8.04. The van der Waals surface area contributed by atoms with E-state index in [-0.39, 0.29) is 5.91 Å². The Morgan fingerprint density at radius 3 is 2.65 bits per heavy atom. The van der Waals surface area contributed by atoms with E-state index in [4.69, 9.17) is 10.3 Å². The summed E-state index contributed by atoms with van der Waals surface area (Å²) in [6.07, 6.45) is 1.44. The Morgan fingerprint density at radius 2 is 2.10 bits per heavy atom. The molecule has 1 amide bonds. The molecule has 0 aliphatic carbocycles. The average molecular weight is 282 g/mol. The highest BCUT2D eigenvalue weighted by Crippen LogP contribution is 2.12. The Kier molecular flexibility index (Phi) is 6.70. The third-order valence-corrected chi connectivity index (χ3v) is 2.91. The van der Waals surface area contributed by atoms with Gasteiger partial charge in [0.25, 0.3) is 5.91 Å². The average Bonchev–Trinajstić information content (AvgIpc) is 2.82. The van der Waals surface area contributed by atoms with Crippen molar-refractivity contribution in [2.75, 3.05) is 33.7 Å². The van der Waals surface area contributed by atoms with Gasteiger partial charge >= 0.3 is 0 Å². The van der Waals surface area contributed by atoms with Crippen LogP contribution in [-0.2, 0) is 6.54 Å². The Labute approximate surface area is 120 Å². The normalized spacial score (nSPS) is 11.6. The standard InChI is InChI=1S/C14H26N4O2/c1-11(2)8-18(6-5-17(3)4)9-13-7-12(10-20-13)14(19)16-15/h7,10-11H,5-6,8-9,15H2,1-4H3,(H,16,19). The van der Waals surface area contributed by atoms with Gasteiger partial charge in [0.05, 0.1) is 12.1 Å². The van der Waals surface area contributed by atoms with Crippen molar-refractivity contribution in [3.05, 3.63) is 23.7 Å². The van der Waals surface area contributed by atoms with Crippen molar-refractivity contribution in [2.45, 2.75) is 20.4 Å². The van der Waals surface area contributed by atoms with Crippen LogP contribution in [0.5, 0.6) is 0 Å². The summed E-state index contributed by atoms with van der Waals surface area (Å²) in [7, 11) is 4.12. The van der Waals surface area contributed by atoms with E-state index in [1.807, 2.05) is 0 Å². The van der Waals surface area contributed by atoms with E-state index in [0.29, 0.717) is 18.0 Å². The summed E-state index contributed by atoms with van der Waals surface area (Å²) in [5, 5.41) is 0. The number of nitrogen functional groups attached to an aromatic ring is 1. The molecule has 3 N–H and O–H groups in total. The molecule has 0 unspecified atom stereocenters. The summed E-state index contributed by atoms with van der Waals surface area (Å²) in [6, 6.07) is 1.74. The van der Waals surface area contributed by atoms with Gasteiger partial charge in [-0.2, -0.15) is 0 Å². The zero-order chi connectivity index (χ0) is 15.1. The van der Waals surface area contributed by atoms with Crippen LogP contribution in [-0.4, -0.2) is 49.4 Å². The van der Waals surface area contributed by atoms with Crippen LogP contribution in [0.2, 0.25) is 0 Å². The number of hydrogen-bond donors (Lipinski definition) is 2. The van der Waals surface area contributed by atoms with E-state index in [2.05, 4.69) is 43.2 Å². The third kappa shape index (κ3) is 5.73. The quantitative estimate of drug-likeness (QED) is 0.421. The second-order valence-electron chi connectivity index (χ2n) is 5.71. The van der Waals surface area contributed by atoms with E-state index in [1.165, 1.54) is 6.26 Å². The SMILES string of the molecule is CC(C)CN(CCN(C)C)Cc1cc(C(=O)NN)co1. The van der Waals surface area contributed by atoms with Crippen molar-refractivity contribution in [3.8, 4) is 0 Å². The number of hydrazine groups is 1. The first kappa shape index (κ1) is 16.7. The third-order valence-electron chi connectivity index (χ3n) is 2.91. The number of hydrogen-bond acceptors (Lipinski definition) is 5. The van der Waals surface area contributed by atoms with Gasteiger partial charge in [-0.25, -0.2) is 5.84 Å². The van der Waals surface area contributed by atoms with E-state index in [0.717, 1.165) is 25.4 Å². The molecule has 0 radical (unpaired) electrons. The van der Waals surface area contributed by atoms with Gasteiger partial charge < -0.3 is 9.32 Å². The molecule has 6 nitrogen and oxygen atoms in total. The molecular formula is C14H26N4O2. The van der Waals surface area contributed by atoms with Crippen LogP contribution in [0, 0.1) is 5.92 Å². The fourth-order valence-electron chi connectivity index (χ4n) is 1.98. The van der Waals surface area contributed by atoms with Gasteiger partial charge in [-0.05, 0) is 26.1 Å². The number of carbonyl (C=O) groups excluding carboxylic acids is 1. The van der Waals surface area contributed by atoms with Crippen molar-refractivity contribution in [3.63, 3.8) is 0 Å². The molecule has 0 saturated heterocycles. The fourth-order valence-corrected chi connectivity index (χ4v) is 1.98. The first-order valence-electron chi connectivity index (χ1n) is 6.87. The minimum Gasteiger partial charge on any atom is -0.467 e. The maximum atomic E-state index is 11.4. The van der Waals surface area contributed by atoms with Gasteiger partial charge in [-0.15, -0.1) is 0 Å². The highest BCUT2D eigenvalue weighted by molar-refractivity contribution is 5.93. The number of furan rings is 1. The lowest BCUT2D eigenvalue weighted by atomic mass is 10.2. The topological polar surface area (TPSA) is 74.7 Å². The molecule has 0 aliphatic rings. The minimum absolute atomic E-state index is 0.330. The number of nitrogens with one attached hydrogen (secondary N) is 1. The summed E-state index contributed by atoms with van der Waals surface area (Å²) in [5.41, 5.74) is 2.56. The number of nitrogens with two attached hydrogens (primary N) is 1. The van der Waals surface area contributed by atoms with Gasteiger partial charge in [-0.1, -0.05) is 13.8 Å². The highest BCUT2D eigenvalue weighted by Gasteiger charge is 2.13. The van der Waals surface area contributed by atoms with E-state index in [1.54, 1.807) is 6.07 Å². The van der Waals surface area contributed by atoms with Crippen LogP contribution in [0.15, 0.2) is 16.7 Å². The Morgan fingerprint density at radius 1 is 1.40 bits per heavy atom. The number of carbonyl (C=O) groups is 1. The molecular weight excluding hydrogens is 256 g/mol. The molecule has 0 bridgehead atoms. The summed E-state index contributed by atoms with van der Waals surface area (Å²) >= 11 is 0. The molecule has 0 aliphatic heterocycles. The van der Waals surface area contributed by atoms with E-state index >= 15 is 0 Å². The maximum absolute atomic E-state index is 11.4. The fraction of sp³-hybridized carbons (Fsp3) is 0.643. The maximum Gasteiger partial charge on any atom is 0.268 e. The van der Waals surface area contributed by atoms with Gasteiger partial charge in [-0.3, -0.25) is 15.1 Å². The Bertz CT molecular complexity index is 415. The van der Waals surface area contributed by atoms with Gasteiger partial charge in [0.2, 0.25) is 0 Å². The molecule has 0 aromatic carbocycles. The highest BCUT2D eigenvalue weighted by atomic mass is 16.3. The van der Waals surface area contributed by atoms with Crippen LogP contribution in [0.25, 0.3) is 0 Å². The molecule has 1 heterocycles. The van der Waals surface area contributed by atoms with Crippen LogP contribution < -0.4 is 11.3 Å². The van der Waals surface area contributed by atoms with Crippen molar-refractivity contribution in [1.29, 1.82) is 0 Å². The number of amides is 1.